The molecule has 0 radical (unpaired) electrons. The van der Waals surface area contributed by atoms with Crippen LogP contribution in [0, 0.1) is 5.92 Å². The first kappa shape index (κ1) is 17.1. The zero-order valence-electron chi connectivity index (χ0n) is 15.0. The number of carbonyl (C=O) groups excluding carboxylic acids is 1. The van der Waals surface area contributed by atoms with Crippen molar-refractivity contribution in [1.82, 2.24) is 30.4 Å². The Morgan fingerprint density at radius 2 is 1.96 bits per heavy atom. The van der Waals surface area contributed by atoms with E-state index in [-0.39, 0.29) is 5.91 Å². The maximum Gasteiger partial charge on any atom is 0.251 e. The van der Waals surface area contributed by atoms with Crippen molar-refractivity contribution < 1.29 is 4.79 Å². The van der Waals surface area contributed by atoms with Gasteiger partial charge in [0.1, 0.15) is 6.33 Å². The maximum atomic E-state index is 12.5. The van der Waals surface area contributed by atoms with Crippen LogP contribution in [0.2, 0.25) is 0 Å². The number of fused-ring (bicyclic) bond motifs is 1. The first-order chi connectivity index (χ1) is 12.8. The molecule has 2 saturated heterocycles. The lowest BCUT2D eigenvalue weighted by Crippen LogP contribution is -2.51. The predicted molar refractivity (Wildman–Crippen MR) is 97.6 cm³/mol. The van der Waals surface area contributed by atoms with E-state index in [1.165, 1.54) is 45.2 Å². The van der Waals surface area contributed by atoms with E-state index >= 15 is 0 Å². The van der Waals surface area contributed by atoms with Crippen LogP contribution in [-0.4, -0.2) is 56.7 Å². The van der Waals surface area contributed by atoms with E-state index in [0.29, 0.717) is 24.1 Å². The van der Waals surface area contributed by atoms with Crippen LogP contribution in [0.5, 0.6) is 0 Å². The Morgan fingerprint density at radius 3 is 2.77 bits per heavy atom. The standard InChI is InChI=1S/C19H26N6O/c26-19(16-8-6-15(7-9-16)13-25-14-21-22-23-25)20-12-17-4-3-11-24-10-2-1-5-18(17)24/h6-9,14,17-18H,1-5,10-13H2,(H,20,26). The molecule has 4 rings (SSSR count). The second-order valence-electron chi connectivity index (χ2n) is 7.42. The van der Waals surface area contributed by atoms with Gasteiger partial charge in [-0.15, -0.1) is 5.10 Å². The van der Waals surface area contributed by atoms with Crippen molar-refractivity contribution in [2.24, 2.45) is 5.92 Å². The second-order valence-corrected chi connectivity index (χ2v) is 7.42. The molecule has 138 valence electrons. The van der Waals surface area contributed by atoms with Crippen LogP contribution in [0.15, 0.2) is 30.6 Å². The van der Waals surface area contributed by atoms with Crippen LogP contribution in [0.25, 0.3) is 0 Å². The number of hydrogen-bond donors (Lipinski definition) is 1. The molecular formula is C19H26N6O. The minimum Gasteiger partial charge on any atom is -0.352 e. The summed E-state index contributed by atoms with van der Waals surface area (Å²) in [5.74, 6) is 0.610. The van der Waals surface area contributed by atoms with Gasteiger partial charge in [0.25, 0.3) is 5.91 Å². The summed E-state index contributed by atoms with van der Waals surface area (Å²) in [5.41, 5.74) is 1.78. The molecule has 0 bridgehead atoms. The summed E-state index contributed by atoms with van der Waals surface area (Å²) in [4.78, 5) is 15.1. The van der Waals surface area contributed by atoms with Crippen molar-refractivity contribution in [2.45, 2.75) is 44.7 Å². The third-order valence-corrected chi connectivity index (χ3v) is 5.71. The van der Waals surface area contributed by atoms with Crippen molar-refractivity contribution in [3.63, 3.8) is 0 Å². The number of hydrogen-bond acceptors (Lipinski definition) is 5. The van der Waals surface area contributed by atoms with E-state index in [9.17, 15) is 4.79 Å². The average molecular weight is 354 g/mol. The molecule has 3 heterocycles. The number of rotatable bonds is 5. The van der Waals surface area contributed by atoms with Crippen molar-refractivity contribution >= 4 is 5.91 Å². The number of carbonyl (C=O) groups is 1. The van der Waals surface area contributed by atoms with Crippen molar-refractivity contribution in [1.29, 1.82) is 0 Å². The Labute approximate surface area is 153 Å². The third kappa shape index (κ3) is 3.93. The van der Waals surface area contributed by atoms with E-state index in [1.807, 2.05) is 24.3 Å². The molecule has 2 fully saturated rings. The van der Waals surface area contributed by atoms with Crippen LogP contribution in [0.1, 0.15) is 48.0 Å². The molecule has 1 N–H and O–H groups in total. The van der Waals surface area contributed by atoms with E-state index in [2.05, 4.69) is 25.7 Å². The van der Waals surface area contributed by atoms with Gasteiger partial charge in [0, 0.05) is 18.2 Å². The van der Waals surface area contributed by atoms with Crippen LogP contribution in [0.4, 0.5) is 0 Å². The summed E-state index contributed by atoms with van der Waals surface area (Å²) in [6.45, 7) is 3.86. The number of piperidine rings is 2. The Bertz CT molecular complexity index is 712. The Hall–Kier alpha value is -2.28. The normalized spacial score (nSPS) is 23.4. The van der Waals surface area contributed by atoms with E-state index in [0.717, 1.165) is 12.1 Å². The number of nitrogens with zero attached hydrogens (tertiary/aromatic N) is 5. The largest absolute Gasteiger partial charge is 0.352 e. The van der Waals surface area contributed by atoms with Crippen LogP contribution < -0.4 is 5.32 Å². The summed E-state index contributed by atoms with van der Waals surface area (Å²) in [6.07, 6.45) is 8.00. The molecule has 1 amide bonds. The van der Waals surface area contributed by atoms with Crippen LogP contribution >= 0.6 is 0 Å². The van der Waals surface area contributed by atoms with Gasteiger partial charge in [-0.3, -0.25) is 4.79 Å². The lowest BCUT2D eigenvalue weighted by Gasteiger charge is -2.44. The molecule has 2 atom stereocenters. The average Bonchev–Trinajstić information content (AvgIpc) is 3.19. The van der Waals surface area contributed by atoms with Gasteiger partial charge in [-0.05, 0) is 72.8 Å². The summed E-state index contributed by atoms with van der Waals surface area (Å²) in [6, 6.07) is 8.34. The van der Waals surface area contributed by atoms with Gasteiger partial charge in [-0.2, -0.15) is 0 Å². The van der Waals surface area contributed by atoms with E-state index in [1.54, 1.807) is 11.0 Å². The van der Waals surface area contributed by atoms with Gasteiger partial charge in [0.2, 0.25) is 0 Å². The number of aromatic nitrogens is 4. The number of nitrogens with one attached hydrogen (secondary N) is 1. The third-order valence-electron chi connectivity index (χ3n) is 5.71. The van der Waals surface area contributed by atoms with Crippen LogP contribution in [0.3, 0.4) is 0 Å². The van der Waals surface area contributed by atoms with Crippen molar-refractivity contribution in [3.05, 3.63) is 41.7 Å². The smallest absolute Gasteiger partial charge is 0.251 e. The summed E-state index contributed by atoms with van der Waals surface area (Å²) < 4.78 is 1.66. The van der Waals surface area contributed by atoms with E-state index < -0.39 is 0 Å². The summed E-state index contributed by atoms with van der Waals surface area (Å²) in [5, 5.41) is 14.3. The molecule has 1 aromatic carbocycles. The molecule has 1 aromatic heterocycles. The summed E-state index contributed by atoms with van der Waals surface area (Å²) in [7, 11) is 0. The lowest BCUT2D eigenvalue weighted by molar-refractivity contribution is 0.0575. The predicted octanol–water partition coefficient (Wildman–Crippen LogP) is 1.72. The first-order valence-corrected chi connectivity index (χ1v) is 9.61. The molecule has 2 aromatic rings. The molecule has 7 nitrogen and oxygen atoms in total. The molecule has 2 aliphatic heterocycles. The lowest BCUT2D eigenvalue weighted by atomic mass is 9.83. The molecule has 2 aliphatic rings. The summed E-state index contributed by atoms with van der Waals surface area (Å²) >= 11 is 0. The molecule has 7 heteroatoms. The molecule has 26 heavy (non-hydrogen) atoms. The highest BCUT2D eigenvalue weighted by Crippen LogP contribution is 2.30. The second kappa shape index (κ2) is 7.95. The van der Waals surface area contributed by atoms with E-state index in [4.69, 9.17) is 0 Å². The number of benzene rings is 1. The molecular weight excluding hydrogens is 328 g/mol. The number of amides is 1. The van der Waals surface area contributed by atoms with Gasteiger partial charge in [0.15, 0.2) is 0 Å². The zero-order chi connectivity index (χ0) is 17.8. The molecule has 2 unspecified atom stereocenters. The Morgan fingerprint density at radius 1 is 1.12 bits per heavy atom. The minimum atomic E-state index is 0.0203. The maximum absolute atomic E-state index is 12.5. The Balaban J connectivity index is 1.31. The number of tetrazole rings is 1. The monoisotopic (exact) mass is 354 g/mol. The molecule has 0 aliphatic carbocycles. The molecule has 0 saturated carbocycles. The van der Waals surface area contributed by atoms with Gasteiger partial charge in [-0.25, -0.2) is 4.68 Å². The minimum absolute atomic E-state index is 0.0203. The van der Waals surface area contributed by atoms with Gasteiger partial charge in [0.05, 0.1) is 6.54 Å². The fourth-order valence-corrected chi connectivity index (χ4v) is 4.34. The quantitative estimate of drug-likeness (QED) is 0.885. The highest BCUT2D eigenvalue weighted by atomic mass is 16.1. The topological polar surface area (TPSA) is 75.9 Å². The Kier molecular flexibility index (Phi) is 5.24. The molecule has 0 spiro atoms. The van der Waals surface area contributed by atoms with Crippen molar-refractivity contribution in [3.8, 4) is 0 Å². The zero-order valence-corrected chi connectivity index (χ0v) is 15.0. The van der Waals surface area contributed by atoms with Crippen molar-refractivity contribution in [2.75, 3.05) is 19.6 Å². The first-order valence-electron chi connectivity index (χ1n) is 9.61. The van der Waals surface area contributed by atoms with Gasteiger partial charge < -0.3 is 10.2 Å². The highest BCUT2D eigenvalue weighted by molar-refractivity contribution is 5.94. The fraction of sp³-hybridized carbons (Fsp3) is 0.579. The van der Waals surface area contributed by atoms with Gasteiger partial charge >= 0.3 is 0 Å². The van der Waals surface area contributed by atoms with Crippen LogP contribution in [-0.2, 0) is 6.54 Å². The van der Waals surface area contributed by atoms with Gasteiger partial charge in [-0.1, -0.05) is 18.6 Å². The SMILES string of the molecule is O=C(NCC1CCCN2CCCCC12)c1ccc(Cn2cnnn2)cc1. The fourth-order valence-electron chi connectivity index (χ4n) is 4.34. The highest BCUT2D eigenvalue weighted by Gasteiger charge is 2.32.